The highest BCUT2D eigenvalue weighted by molar-refractivity contribution is 7.99. The molecule has 1 fully saturated rings. The molecular formula is C19H21ClN4O2S. The lowest BCUT2D eigenvalue weighted by Gasteiger charge is -2.20. The first kappa shape index (κ1) is 19.6. The zero-order chi connectivity index (χ0) is 19.1. The normalized spacial score (nSPS) is 16.1. The second-order valence-corrected chi connectivity index (χ2v) is 7.73. The van der Waals surface area contributed by atoms with Crippen molar-refractivity contribution >= 4 is 41.6 Å². The van der Waals surface area contributed by atoms with Crippen LogP contribution in [-0.4, -0.2) is 37.9 Å². The van der Waals surface area contributed by atoms with Crippen LogP contribution in [0.5, 0.6) is 0 Å². The van der Waals surface area contributed by atoms with Gasteiger partial charge in [-0.15, -0.1) is 10.2 Å². The fourth-order valence-electron chi connectivity index (χ4n) is 3.08. The van der Waals surface area contributed by atoms with E-state index < -0.39 is 5.97 Å². The van der Waals surface area contributed by atoms with Gasteiger partial charge in [0.25, 0.3) is 0 Å². The average molecular weight is 405 g/mol. The number of carboxylic acids is 1. The molecule has 6 nitrogen and oxygen atoms in total. The van der Waals surface area contributed by atoms with Gasteiger partial charge in [-0.25, -0.2) is 0 Å². The fraction of sp³-hybridized carbons (Fsp3) is 0.368. The average Bonchev–Trinajstić information content (AvgIpc) is 3.09. The van der Waals surface area contributed by atoms with Gasteiger partial charge in [-0.2, -0.15) is 9.78 Å². The number of thioether (sulfide) groups is 1. The van der Waals surface area contributed by atoms with Gasteiger partial charge in [0.1, 0.15) is 0 Å². The Morgan fingerprint density at radius 3 is 2.70 bits per heavy atom. The van der Waals surface area contributed by atoms with Gasteiger partial charge in [0, 0.05) is 5.92 Å². The number of benzene rings is 1. The molecule has 142 valence electrons. The van der Waals surface area contributed by atoms with Gasteiger partial charge in [-0.3, -0.25) is 4.79 Å². The van der Waals surface area contributed by atoms with E-state index in [1.54, 1.807) is 10.9 Å². The molecule has 8 heteroatoms. The molecule has 0 bridgehead atoms. The minimum absolute atomic E-state index is 0.0914. The second-order valence-electron chi connectivity index (χ2n) is 6.35. The number of aromatic nitrogens is 3. The van der Waals surface area contributed by atoms with E-state index in [2.05, 4.69) is 15.3 Å². The summed E-state index contributed by atoms with van der Waals surface area (Å²) in [6.45, 7) is 0. The van der Waals surface area contributed by atoms with Crippen molar-refractivity contribution in [3.8, 4) is 0 Å². The van der Waals surface area contributed by atoms with Crippen LogP contribution < -0.4 is 0 Å². The van der Waals surface area contributed by atoms with Gasteiger partial charge in [0.15, 0.2) is 5.82 Å². The Hall–Kier alpha value is -2.12. The Labute approximate surface area is 167 Å². The maximum Gasteiger partial charge on any atom is 0.313 e. The van der Waals surface area contributed by atoms with E-state index in [0.29, 0.717) is 16.1 Å². The van der Waals surface area contributed by atoms with Crippen molar-refractivity contribution in [2.75, 3.05) is 5.75 Å². The molecule has 0 aliphatic heterocycles. The Morgan fingerprint density at radius 2 is 2.00 bits per heavy atom. The Balaban J connectivity index is 1.84. The number of halogens is 1. The molecule has 0 amide bonds. The van der Waals surface area contributed by atoms with E-state index >= 15 is 0 Å². The summed E-state index contributed by atoms with van der Waals surface area (Å²) < 4.78 is 1.64. The maximum atomic E-state index is 10.9. The molecule has 1 aliphatic rings. The van der Waals surface area contributed by atoms with Crippen molar-refractivity contribution < 1.29 is 9.90 Å². The summed E-state index contributed by atoms with van der Waals surface area (Å²) in [5, 5.41) is 22.8. The summed E-state index contributed by atoms with van der Waals surface area (Å²) in [5.41, 5.74) is 0.977. The molecule has 1 aliphatic carbocycles. The molecule has 0 atom stereocenters. The molecule has 1 aromatic carbocycles. The van der Waals surface area contributed by atoms with E-state index in [0.717, 1.165) is 48.8 Å². The summed E-state index contributed by atoms with van der Waals surface area (Å²) in [7, 11) is 0. The van der Waals surface area contributed by atoms with Crippen LogP contribution in [0.25, 0.3) is 6.08 Å². The van der Waals surface area contributed by atoms with Crippen molar-refractivity contribution in [1.82, 2.24) is 14.9 Å². The van der Waals surface area contributed by atoms with Gasteiger partial charge < -0.3 is 5.11 Å². The molecule has 3 rings (SSSR count). The first-order chi connectivity index (χ1) is 13.1. The van der Waals surface area contributed by atoms with E-state index in [-0.39, 0.29) is 5.75 Å². The second kappa shape index (κ2) is 9.71. The molecule has 0 unspecified atom stereocenters. The molecule has 27 heavy (non-hydrogen) atoms. The highest BCUT2D eigenvalue weighted by atomic mass is 35.5. The molecule has 1 saturated carbocycles. The zero-order valence-electron chi connectivity index (χ0n) is 14.8. The van der Waals surface area contributed by atoms with E-state index in [9.17, 15) is 4.79 Å². The number of allylic oxidation sites excluding steroid dienone is 1. The summed E-state index contributed by atoms with van der Waals surface area (Å²) in [6, 6.07) is 9.73. The summed E-state index contributed by atoms with van der Waals surface area (Å²) in [6.07, 6.45) is 9.02. The van der Waals surface area contributed by atoms with Crippen molar-refractivity contribution in [2.24, 2.45) is 5.10 Å². The van der Waals surface area contributed by atoms with Crippen molar-refractivity contribution in [3.63, 3.8) is 0 Å². The number of aliphatic carboxylic acids is 1. The minimum atomic E-state index is -0.903. The van der Waals surface area contributed by atoms with Crippen LogP contribution in [0.2, 0.25) is 0 Å². The van der Waals surface area contributed by atoms with Gasteiger partial charge in [0.05, 0.1) is 17.0 Å². The van der Waals surface area contributed by atoms with Crippen molar-refractivity contribution in [2.45, 2.75) is 43.2 Å². The highest BCUT2D eigenvalue weighted by Crippen LogP contribution is 2.33. The van der Waals surface area contributed by atoms with Crippen LogP contribution in [0.4, 0.5) is 0 Å². The third-order valence-corrected chi connectivity index (χ3v) is 5.44. The standard InChI is InChI=1S/C19H21ClN4O2S/c20-16(11-14-7-3-1-4-8-14)12-21-24-18(15-9-5-2-6-10-15)22-23-19(24)27-13-17(25)26/h1,3-4,7-8,11-12,15H,2,5-6,9-10,13H2,(H,25,26)/b16-11-,21-12-. The molecule has 1 heterocycles. The highest BCUT2D eigenvalue weighted by Gasteiger charge is 2.23. The summed E-state index contributed by atoms with van der Waals surface area (Å²) in [4.78, 5) is 10.9. The monoisotopic (exact) mass is 404 g/mol. The van der Waals surface area contributed by atoms with Crippen LogP contribution in [0, 0.1) is 0 Å². The van der Waals surface area contributed by atoms with E-state index in [1.807, 2.05) is 36.4 Å². The molecule has 2 aromatic rings. The van der Waals surface area contributed by atoms with Gasteiger partial charge in [0.2, 0.25) is 5.16 Å². The van der Waals surface area contributed by atoms with Gasteiger partial charge >= 0.3 is 5.97 Å². The zero-order valence-corrected chi connectivity index (χ0v) is 16.4. The number of rotatable bonds is 7. The predicted molar refractivity (Wildman–Crippen MR) is 108 cm³/mol. The summed E-state index contributed by atoms with van der Waals surface area (Å²) >= 11 is 7.42. The van der Waals surface area contributed by atoms with Crippen LogP contribution in [0.3, 0.4) is 0 Å². The smallest absolute Gasteiger partial charge is 0.313 e. The third-order valence-electron chi connectivity index (χ3n) is 4.33. The first-order valence-electron chi connectivity index (χ1n) is 8.90. The van der Waals surface area contributed by atoms with Crippen molar-refractivity contribution in [1.29, 1.82) is 0 Å². The van der Waals surface area contributed by atoms with Crippen LogP contribution in [0.15, 0.2) is 45.6 Å². The Morgan fingerprint density at radius 1 is 1.26 bits per heavy atom. The predicted octanol–water partition coefficient (Wildman–Crippen LogP) is 4.62. The van der Waals surface area contributed by atoms with Gasteiger partial charge in [-0.05, 0) is 24.5 Å². The lowest BCUT2D eigenvalue weighted by molar-refractivity contribution is -0.133. The SMILES string of the molecule is O=C(O)CSc1nnc(C2CCCCC2)n1/N=C\C(Cl)=C\c1ccccc1. The molecule has 1 aromatic heterocycles. The number of hydrogen-bond acceptors (Lipinski definition) is 5. The summed E-state index contributed by atoms with van der Waals surface area (Å²) in [5.74, 6) is 0.0774. The number of nitrogens with zero attached hydrogens (tertiary/aromatic N) is 4. The Kier molecular flexibility index (Phi) is 7.06. The van der Waals surface area contributed by atoms with Gasteiger partial charge in [-0.1, -0.05) is 73.0 Å². The van der Waals surface area contributed by atoms with Crippen LogP contribution >= 0.6 is 23.4 Å². The number of carboxylic acid groups (broad SMARTS) is 1. The molecule has 0 saturated heterocycles. The van der Waals surface area contributed by atoms with Crippen LogP contribution in [0.1, 0.15) is 49.4 Å². The largest absolute Gasteiger partial charge is 0.481 e. The molecule has 0 radical (unpaired) electrons. The van der Waals surface area contributed by atoms with E-state index in [4.69, 9.17) is 16.7 Å². The topological polar surface area (TPSA) is 80.4 Å². The van der Waals surface area contributed by atoms with Crippen molar-refractivity contribution in [3.05, 3.63) is 46.8 Å². The first-order valence-corrected chi connectivity index (χ1v) is 10.3. The maximum absolute atomic E-state index is 10.9. The molecule has 1 N–H and O–H groups in total. The fourth-order valence-corrected chi connectivity index (χ4v) is 3.86. The number of carbonyl (C=O) groups is 1. The van der Waals surface area contributed by atoms with E-state index in [1.165, 1.54) is 6.42 Å². The lowest BCUT2D eigenvalue weighted by Crippen LogP contribution is -2.11. The Bertz CT molecular complexity index is 829. The molecule has 0 spiro atoms. The van der Waals surface area contributed by atoms with Crippen LogP contribution in [-0.2, 0) is 4.79 Å². The lowest BCUT2D eigenvalue weighted by atomic mass is 9.89. The third kappa shape index (κ3) is 5.68. The number of hydrogen-bond donors (Lipinski definition) is 1. The quantitative estimate of drug-likeness (QED) is 0.538. The minimum Gasteiger partial charge on any atom is -0.481 e. The molecular weight excluding hydrogens is 384 g/mol.